The van der Waals surface area contributed by atoms with E-state index in [2.05, 4.69) is 5.32 Å². The molecule has 2 heterocycles. The molecule has 2 aliphatic rings. The third-order valence-electron chi connectivity index (χ3n) is 3.62. The summed E-state index contributed by atoms with van der Waals surface area (Å²) < 4.78 is 11.2. The number of rotatable bonds is 4. The fourth-order valence-corrected chi connectivity index (χ4v) is 2.81. The highest BCUT2D eigenvalue weighted by Gasteiger charge is 2.37. The molecular weight excluding hydrogens is 248 g/mol. The quantitative estimate of drug-likeness (QED) is 0.660. The Labute approximate surface area is 110 Å². The monoisotopic (exact) mass is 264 g/mol. The van der Waals surface area contributed by atoms with Gasteiger partial charge in [0, 0.05) is 30.5 Å². The zero-order chi connectivity index (χ0) is 13.4. The third kappa shape index (κ3) is 1.83. The summed E-state index contributed by atoms with van der Waals surface area (Å²) >= 11 is 0. The van der Waals surface area contributed by atoms with Gasteiger partial charge in [0.2, 0.25) is 5.75 Å². The van der Waals surface area contributed by atoms with Crippen molar-refractivity contribution in [2.24, 2.45) is 0 Å². The summed E-state index contributed by atoms with van der Waals surface area (Å²) in [5.41, 5.74) is 2.78. The molecule has 0 aromatic heterocycles. The van der Waals surface area contributed by atoms with E-state index in [1.54, 1.807) is 0 Å². The maximum absolute atomic E-state index is 11.3. The van der Waals surface area contributed by atoms with Gasteiger partial charge in [-0.15, -0.1) is 0 Å². The van der Waals surface area contributed by atoms with Gasteiger partial charge in [-0.2, -0.15) is 0 Å². The van der Waals surface area contributed by atoms with Crippen molar-refractivity contribution in [3.05, 3.63) is 26.8 Å². The Morgan fingerprint density at radius 1 is 1.21 bits per heavy atom. The Hall–Kier alpha value is -1.82. The smallest absolute Gasteiger partial charge is 0.318 e. The first-order valence-electron chi connectivity index (χ1n) is 6.55. The molecule has 0 atom stereocenters. The van der Waals surface area contributed by atoms with E-state index in [1.807, 2.05) is 6.92 Å². The van der Waals surface area contributed by atoms with Gasteiger partial charge in [-0.3, -0.25) is 10.1 Å². The van der Waals surface area contributed by atoms with Gasteiger partial charge in [0.15, 0.2) is 0 Å². The average molecular weight is 264 g/mol. The number of nitro groups is 1. The molecule has 6 nitrogen and oxygen atoms in total. The van der Waals surface area contributed by atoms with Crippen LogP contribution in [0.4, 0.5) is 5.69 Å². The second kappa shape index (κ2) is 4.70. The molecule has 0 saturated carbocycles. The van der Waals surface area contributed by atoms with E-state index in [-0.39, 0.29) is 10.6 Å². The van der Waals surface area contributed by atoms with Crippen LogP contribution in [0.1, 0.15) is 23.6 Å². The van der Waals surface area contributed by atoms with Crippen molar-refractivity contribution in [2.75, 3.05) is 19.8 Å². The fourth-order valence-electron chi connectivity index (χ4n) is 2.81. The fraction of sp³-hybridized carbons (Fsp3) is 0.538. The zero-order valence-corrected chi connectivity index (χ0v) is 10.8. The van der Waals surface area contributed by atoms with Gasteiger partial charge in [0.1, 0.15) is 5.75 Å². The minimum atomic E-state index is -0.339. The van der Waals surface area contributed by atoms with Crippen LogP contribution in [0.3, 0.4) is 0 Å². The molecule has 1 N–H and O–H groups in total. The number of nitrogens with one attached hydrogen (secondary N) is 1. The van der Waals surface area contributed by atoms with Crippen LogP contribution in [0.2, 0.25) is 0 Å². The molecule has 0 spiro atoms. The van der Waals surface area contributed by atoms with Gasteiger partial charge in [-0.1, -0.05) is 6.92 Å². The van der Waals surface area contributed by atoms with Crippen molar-refractivity contribution in [3.8, 4) is 11.5 Å². The van der Waals surface area contributed by atoms with E-state index in [0.29, 0.717) is 49.7 Å². The number of ether oxygens (including phenoxy) is 2. The van der Waals surface area contributed by atoms with E-state index >= 15 is 0 Å². The maximum atomic E-state index is 11.3. The molecule has 0 amide bonds. The topological polar surface area (TPSA) is 73.6 Å². The van der Waals surface area contributed by atoms with Gasteiger partial charge in [-0.25, -0.2) is 0 Å². The number of fused-ring (bicyclic) bond motifs is 2. The Balaban J connectivity index is 2.19. The summed E-state index contributed by atoms with van der Waals surface area (Å²) in [7, 11) is 0. The molecule has 6 heteroatoms. The molecule has 0 aliphatic carbocycles. The van der Waals surface area contributed by atoms with Crippen LogP contribution in [-0.4, -0.2) is 24.7 Å². The molecule has 0 fully saturated rings. The highest BCUT2D eigenvalue weighted by molar-refractivity contribution is 5.69. The second-order valence-electron chi connectivity index (χ2n) is 4.68. The molecule has 0 radical (unpaired) electrons. The SMILES string of the molecule is CCNCc1c2c(c([N+](=O)[O-])c3c1OCC3)OCC2. The number of nitrogens with zero attached hydrogens (tertiary/aromatic N) is 1. The van der Waals surface area contributed by atoms with Gasteiger partial charge in [0.05, 0.1) is 23.7 Å². The van der Waals surface area contributed by atoms with Crippen molar-refractivity contribution in [2.45, 2.75) is 26.3 Å². The van der Waals surface area contributed by atoms with E-state index in [1.165, 1.54) is 0 Å². The normalized spacial score (nSPS) is 15.6. The molecule has 0 bridgehead atoms. The standard InChI is InChI=1S/C13H16N2O4/c1-2-14-7-10-8-3-5-19-13(8)11(15(16)17)9-4-6-18-12(9)10/h14H,2-7H2,1H3. The van der Waals surface area contributed by atoms with Crippen molar-refractivity contribution >= 4 is 5.69 Å². The first kappa shape index (κ1) is 12.2. The number of benzene rings is 1. The van der Waals surface area contributed by atoms with Crippen molar-refractivity contribution < 1.29 is 14.4 Å². The lowest BCUT2D eigenvalue weighted by molar-refractivity contribution is -0.386. The Bertz CT molecular complexity index is 507. The minimum Gasteiger partial charge on any atom is -0.492 e. The predicted octanol–water partition coefficient (Wildman–Crippen LogP) is 1.57. The lowest BCUT2D eigenvalue weighted by atomic mass is 9.97. The highest BCUT2D eigenvalue weighted by Crippen LogP contribution is 2.48. The molecule has 102 valence electrons. The number of hydrogen-bond donors (Lipinski definition) is 1. The summed E-state index contributed by atoms with van der Waals surface area (Å²) in [5, 5.41) is 14.6. The largest absolute Gasteiger partial charge is 0.492 e. The minimum absolute atomic E-state index is 0.111. The number of nitro benzene ring substituents is 1. The molecule has 0 unspecified atom stereocenters. The first-order valence-corrected chi connectivity index (χ1v) is 6.55. The Morgan fingerprint density at radius 3 is 2.58 bits per heavy atom. The van der Waals surface area contributed by atoms with Crippen LogP contribution < -0.4 is 14.8 Å². The molecule has 1 aromatic rings. The molecule has 1 aromatic carbocycles. The van der Waals surface area contributed by atoms with Crippen LogP contribution in [0.5, 0.6) is 11.5 Å². The maximum Gasteiger partial charge on any atom is 0.318 e. The molecular formula is C13H16N2O4. The lowest BCUT2D eigenvalue weighted by Crippen LogP contribution is -2.14. The first-order chi connectivity index (χ1) is 9.24. The van der Waals surface area contributed by atoms with Gasteiger partial charge in [0.25, 0.3) is 0 Å². The predicted molar refractivity (Wildman–Crippen MR) is 68.9 cm³/mol. The zero-order valence-electron chi connectivity index (χ0n) is 10.8. The molecule has 3 rings (SSSR count). The second-order valence-corrected chi connectivity index (χ2v) is 4.68. The molecule has 19 heavy (non-hydrogen) atoms. The van der Waals surface area contributed by atoms with Gasteiger partial charge >= 0.3 is 5.69 Å². The molecule has 0 saturated heterocycles. The van der Waals surface area contributed by atoms with E-state index in [4.69, 9.17) is 9.47 Å². The highest BCUT2D eigenvalue weighted by atomic mass is 16.6. The molecule has 2 aliphatic heterocycles. The third-order valence-corrected chi connectivity index (χ3v) is 3.62. The summed E-state index contributed by atoms with van der Waals surface area (Å²) in [6.45, 7) is 4.57. The Morgan fingerprint density at radius 2 is 1.89 bits per heavy atom. The van der Waals surface area contributed by atoms with E-state index < -0.39 is 0 Å². The van der Waals surface area contributed by atoms with Crippen LogP contribution in [0.15, 0.2) is 0 Å². The van der Waals surface area contributed by atoms with E-state index in [9.17, 15) is 10.1 Å². The van der Waals surface area contributed by atoms with Gasteiger partial charge < -0.3 is 14.8 Å². The average Bonchev–Trinajstić information content (AvgIpc) is 3.01. The van der Waals surface area contributed by atoms with Gasteiger partial charge in [-0.05, 0) is 6.54 Å². The van der Waals surface area contributed by atoms with Crippen LogP contribution in [0, 0.1) is 10.1 Å². The number of hydrogen-bond acceptors (Lipinski definition) is 5. The van der Waals surface area contributed by atoms with Crippen molar-refractivity contribution in [1.82, 2.24) is 5.32 Å². The summed E-state index contributed by atoms with van der Waals surface area (Å²) in [6.07, 6.45) is 1.30. The van der Waals surface area contributed by atoms with E-state index in [0.717, 1.165) is 17.7 Å². The summed E-state index contributed by atoms with van der Waals surface area (Å²) in [6, 6.07) is 0. The Kier molecular flexibility index (Phi) is 3.02. The van der Waals surface area contributed by atoms with Crippen LogP contribution in [-0.2, 0) is 19.4 Å². The van der Waals surface area contributed by atoms with Crippen molar-refractivity contribution in [3.63, 3.8) is 0 Å². The van der Waals surface area contributed by atoms with Crippen LogP contribution in [0.25, 0.3) is 0 Å². The van der Waals surface area contributed by atoms with Crippen molar-refractivity contribution in [1.29, 1.82) is 0 Å². The lowest BCUT2D eigenvalue weighted by Gasteiger charge is -2.13. The summed E-state index contributed by atoms with van der Waals surface area (Å²) in [4.78, 5) is 11.0. The summed E-state index contributed by atoms with van der Waals surface area (Å²) in [5.74, 6) is 1.17. The van der Waals surface area contributed by atoms with Crippen LogP contribution >= 0.6 is 0 Å².